The molecule has 166 valence electrons. The van der Waals surface area contributed by atoms with Crippen LogP contribution in [0.1, 0.15) is 25.7 Å². The van der Waals surface area contributed by atoms with E-state index in [0.29, 0.717) is 29.6 Å². The van der Waals surface area contributed by atoms with Gasteiger partial charge in [0.15, 0.2) is 6.17 Å². The fourth-order valence-corrected chi connectivity index (χ4v) is 4.49. The number of aromatic hydroxyl groups is 1. The number of benzene rings is 1. The number of nitrogens with zero attached hydrogens (tertiary/aromatic N) is 4. The lowest BCUT2D eigenvalue weighted by Crippen LogP contribution is -2.59. The Morgan fingerprint density at radius 1 is 1.03 bits per heavy atom. The van der Waals surface area contributed by atoms with Gasteiger partial charge in [-0.3, -0.25) is 0 Å². The summed E-state index contributed by atoms with van der Waals surface area (Å²) in [4.78, 5) is 0. The molecule has 0 spiro atoms. The zero-order valence-corrected chi connectivity index (χ0v) is 17.6. The molecule has 2 N–H and O–H groups in total. The first-order chi connectivity index (χ1) is 15.6. The topological polar surface area (TPSA) is 102 Å². The summed E-state index contributed by atoms with van der Waals surface area (Å²) in [6.07, 6.45) is 3.56. The number of nitrogens with one attached hydrogen (secondary N) is 1. The van der Waals surface area contributed by atoms with Crippen LogP contribution in [-0.4, -0.2) is 57.0 Å². The van der Waals surface area contributed by atoms with Crippen molar-refractivity contribution in [2.24, 2.45) is 0 Å². The van der Waals surface area contributed by atoms with Crippen molar-refractivity contribution in [2.45, 2.75) is 50.0 Å². The molecule has 2 aliphatic heterocycles. The van der Waals surface area contributed by atoms with Crippen molar-refractivity contribution in [1.29, 1.82) is 0 Å². The smallest absolute Gasteiger partial charge is 0.233 e. The highest BCUT2D eigenvalue weighted by atomic mass is 19.1. The maximum Gasteiger partial charge on any atom is 0.233 e. The number of piperidine rings is 2. The molecule has 2 fully saturated rings. The molecule has 0 saturated carbocycles. The predicted octanol–water partition coefficient (Wildman–Crippen LogP) is 3.31. The minimum Gasteiger partial charge on any atom is -0.507 e. The molecule has 4 atom stereocenters. The average molecular weight is 437 g/mol. The second kappa shape index (κ2) is 8.66. The Hall–Kier alpha value is -3.33. The van der Waals surface area contributed by atoms with E-state index in [1.165, 1.54) is 7.11 Å². The summed E-state index contributed by atoms with van der Waals surface area (Å²) in [5.41, 5.74) is 2.55. The van der Waals surface area contributed by atoms with Crippen LogP contribution in [0.2, 0.25) is 0 Å². The van der Waals surface area contributed by atoms with Crippen LogP contribution in [0.3, 0.4) is 0 Å². The Balaban J connectivity index is 1.31. The van der Waals surface area contributed by atoms with Gasteiger partial charge in [-0.1, -0.05) is 12.5 Å². The number of fused-ring (bicyclic) bond motifs is 2. The molecule has 0 radical (unpaired) electrons. The van der Waals surface area contributed by atoms with Gasteiger partial charge in [0.05, 0.1) is 19.0 Å². The van der Waals surface area contributed by atoms with Gasteiger partial charge < -0.3 is 19.9 Å². The predicted molar refractivity (Wildman–Crippen MR) is 115 cm³/mol. The second-order valence-electron chi connectivity index (χ2n) is 8.21. The van der Waals surface area contributed by atoms with E-state index < -0.39 is 12.3 Å². The molecule has 2 aliphatic rings. The summed E-state index contributed by atoms with van der Waals surface area (Å²) >= 11 is 0. The van der Waals surface area contributed by atoms with E-state index in [1.807, 2.05) is 6.07 Å². The Kier molecular flexibility index (Phi) is 5.57. The van der Waals surface area contributed by atoms with Crippen LogP contribution in [-0.2, 0) is 0 Å². The second-order valence-corrected chi connectivity index (χ2v) is 8.21. The van der Waals surface area contributed by atoms with Gasteiger partial charge in [-0.25, -0.2) is 4.39 Å². The number of methoxy groups -OCH3 is 1. The molecule has 5 rings (SSSR count). The van der Waals surface area contributed by atoms with Gasteiger partial charge in [-0.15, -0.1) is 15.3 Å². The number of aromatic nitrogens is 4. The van der Waals surface area contributed by atoms with Crippen LogP contribution in [0.4, 0.5) is 4.39 Å². The highest BCUT2D eigenvalue weighted by molar-refractivity contribution is 5.74. The lowest BCUT2D eigenvalue weighted by Gasteiger charge is -2.42. The first kappa shape index (κ1) is 20.6. The molecule has 0 aliphatic carbocycles. The molecular weight excluding hydrogens is 413 g/mol. The summed E-state index contributed by atoms with van der Waals surface area (Å²) in [5.74, 6) is 0.726. The summed E-state index contributed by atoms with van der Waals surface area (Å²) in [6.45, 7) is 0. The highest BCUT2D eigenvalue weighted by Crippen LogP contribution is 2.34. The largest absolute Gasteiger partial charge is 0.507 e. The summed E-state index contributed by atoms with van der Waals surface area (Å²) in [5, 5.41) is 30.0. The van der Waals surface area contributed by atoms with E-state index in [-0.39, 0.29) is 17.7 Å². The van der Waals surface area contributed by atoms with E-state index in [1.54, 1.807) is 36.5 Å². The molecule has 32 heavy (non-hydrogen) atoms. The zero-order valence-electron chi connectivity index (χ0n) is 17.6. The van der Waals surface area contributed by atoms with Gasteiger partial charge in [-0.2, -0.15) is 5.10 Å². The third-order valence-corrected chi connectivity index (χ3v) is 6.13. The summed E-state index contributed by atoms with van der Waals surface area (Å²) in [7, 11) is 1.52. The molecule has 1 aromatic carbocycles. The van der Waals surface area contributed by atoms with Gasteiger partial charge in [0.25, 0.3) is 0 Å². The number of phenols is 1. The Morgan fingerprint density at radius 3 is 2.72 bits per heavy atom. The Morgan fingerprint density at radius 2 is 1.94 bits per heavy atom. The first-order valence-corrected chi connectivity index (χ1v) is 10.7. The molecule has 2 aromatic heterocycles. The number of halogens is 1. The fourth-order valence-electron chi connectivity index (χ4n) is 4.49. The Bertz CT molecular complexity index is 1100. The van der Waals surface area contributed by atoms with Crippen molar-refractivity contribution in [1.82, 2.24) is 25.7 Å². The molecule has 2 bridgehead atoms. The highest BCUT2D eigenvalue weighted by Gasteiger charge is 2.41. The SMILES string of the molecule is COc1cc(-c2ccc(-c3ccc(O[C@H]4C[C@@H]5CCC[C@@H](N5)[C@H]4F)nn3)c(O)c2)cnn1. The van der Waals surface area contributed by atoms with Crippen molar-refractivity contribution >= 4 is 0 Å². The molecule has 0 amide bonds. The minimum absolute atomic E-state index is 0.0521. The third-order valence-electron chi connectivity index (χ3n) is 6.13. The monoisotopic (exact) mass is 437 g/mol. The van der Waals surface area contributed by atoms with Gasteiger partial charge >= 0.3 is 0 Å². The van der Waals surface area contributed by atoms with Crippen LogP contribution < -0.4 is 14.8 Å². The molecule has 4 heterocycles. The molecule has 0 unspecified atom stereocenters. The van der Waals surface area contributed by atoms with Crippen LogP contribution in [0.25, 0.3) is 22.4 Å². The molecule has 3 aromatic rings. The van der Waals surface area contributed by atoms with Crippen molar-refractivity contribution < 1.29 is 19.0 Å². The molecule has 9 heteroatoms. The number of ether oxygens (including phenoxy) is 2. The van der Waals surface area contributed by atoms with Crippen molar-refractivity contribution in [3.63, 3.8) is 0 Å². The van der Waals surface area contributed by atoms with Gasteiger partial charge in [0.2, 0.25) is 11.8 Å². The van der Waals surface area contributed by atoms with Crippen LogP contribution >= 0.6 is 0 Å². The molecular formula is C23H24FN5O3. The van der Waals surface area contributed by atoms with Crippen molar-refractivity contribution in [2.75, 3.05) is 7.11 Å². The van der Waals surface area contributed by atoms with E-state index in [4.69, 9.17) is 9.47 Å². The van der Waals surface area contributed by atoms with Gasteiger partial charge in [0, 0.05) is 41.8 Å². The van der Waals surface area contributed by atoms with Gasteiger partial charge in [0.1, 0.15) is 11.9 Å². The average Bonchev–Trinajstić information content (AvgIpc) is 2.83. The molecule has 8 nitrogen and oxygen atoms in total. The number of hydrogen-bond acceptors (Lipinski definition) is 8. The first-order valence-electron chi connectivity index (χ1n) is 10.7. The van der Waals surface area contributed by atoms with Crippen molar-refractivity contribution in [3.8, 4) is 39.9 Å². The Labute approximate surface area is 184 Å². The van der Waals surface area contributed by atoms with E-state index >= 15 is 0 Å². The quantitative estimate of drug-likeness (QED) is 0.627. The summed E-state index contributed by atoms with van der Waals surface area (Å²) in [6, 6.07) is 10.5. The van der Waals surface area contributed by atoms with Gasteiger partial charge in [-0.05, 0) is 36.6 Å². The van der Waals surface area contributed by atoms with E-state index in [2.05, 4.69) is 25.7 Å². The standard InChI is InChI=1S/C23H24FN5O3/c1-31-22-10-14(12-25-28-22)13-5-6-16(19(30)9-13)17-7-8-21(29-27-17)32-20-11-15-3-2-4-18(26-15)23(20)24/h5-10,12,15,18,20,23,26,30H,2-4,11H2,1H3/t15-,18+,20-,23+/m0/s1. The number of alkyl halides is 1. The third kappa shape index (κ3) is 4.08. The zero-order chi connectivity index (χ0) is 22.1. The van der Waals surface area contributed by atoms with Crippen LogP contribution in [0.5, 0.6) is 17.5 Å². The normalized spacial score (nSPS) is 24.7. The summed E-state index contributed by atoms with van der Waals surface area (Å²) < 4.78 is 25.7. The minimum atomic E-state index is -1.06. The number of rotatable bonds is 5. The number of phenolic OH excluding ortho intramolecular Hbond substituents is 1. The van der Waals surface area contributed by atoms with E-state index in [0.717, 1.165) is 30.4 Å². The fraction of sp³-hybridized carbons (Fsp3) is 0.391. The maximum absolute atomic E-state index is 14.7. The lowest BCUT2D eigenvalue weighted by atomic mass is 9.84. The number of hydrogen-bond donors (Lipinski definition) is 2. The van der Waals surface area contributed by atoms with E-state index in [9.17, 15) is 9.50 Å². The maximum atomic E-state index is 14.7. The van der Waals surface area contributed by atoms with Crippen LogP contribution in [0.15, 0.2) is 42.6 Å². The molecule has 2 saturated heterocycles. The van der Waals surface area contributed by atoms with Crippen LogP contribution in [0, 0.1) is 0 Å². The van der Waals surface area contributed by atoms with Crippen molar-refractivity contribution in [3.05, 3.63) is 42.6 Å². The lowest BCUT2D eigenvalue weighted by molar-refractivity contribution is 0.00652.